The first-order valence-electron chi connectivity index (χ1n) is 10.2. The number of quaternary nitrogens is 1. The largest absolute Gasteiger partial charge is 0.333 e. The molecule has 0 radical (unpaired) electrons. The molecular weight excluding hydrogens is 426 g/mol. The Morgan fingerprint density at radius 1 is 0.900 bits per heavy atom. The van der Waals surface area contributed by atoms with E-state index in [0.717, 1.165) is 39.5 Å². The summed E-state index contributed by atoms with van der Waals surface area (Å²) in [6.07, 6.45) is 1.12. The Morgan fingerprint density at radius 2 is 1.57 bits per heavy atom. The molecule has 0 bridgehead atoms. The zero-order chi connectivity index (χ0) is 20.3. The van der Waals surface area contributed by atoms with Gasteiger partial charge in [-0.15, -0.1) is 23.1 Å². The molecule has 0 fully saturated rings. The lowest BCUT2D eigenvalue weighted by atomic mass is 10.1. The lowest BCUT2D eigenvalue weighted by molar-refractivity contribution is -0.895. The Kier molecular flexibility index (Phi) is 6.09. The van der Waals surface area contributed by atoms with Gasteiger partial charge in [0.1, 0.15) is 16.4 Å². The molecule has 0 amide bonds. The smallest absolute Gasteiger partial charge is 0.190 e. The Balaban J connectivity index is 1.48. The normalized spacial score (nSPS) is 16.0. The molecule has 0 spiro atoms. The second-order valence-corrected chi connectivity index (χ2v) is 10.7. The number of hydrogen-bond donors (Lipinski definition) is 1. The highest BCUT2D eigenvalue weighted by atomic mass is 32.2. The molecule has 4 aromatic rings. The summed E-state index contributed by atoms with van der Waals surface area (Å²) in [5.74, 6) is 1.83. The first kappa shape index (κ1) is 20.1. The number of hydrogen-bond acceptors (Lipinski definition) is 5. The van der Waals surface area contributed by atoms with Gasteiger partial charge >= 0.3 is 0 Å². The van der Waals surface area contributed by atoms with Gasteiger partial charge in [-0.2, -0.15) is 0 Å². The van der Waals surface area contributed by atoms with Crippen molar-refractivity contribution in [3.8, 4) is 0 Å². The molecule has 2 aromatic carbocycles. The molecule has 3 heterocycles. The van der Waals surface area contributed by atoms with E-state index in [2.05, 4.69) is 67.7 Å². The van der Waals surface area contributed by atoms with Crippen molar-refractivity contribution in [1.82, 2.24) is 9.97 Å². The van der Waals surface area contributed by atoms with Crippen LogP contribution < -0.4 is 4.90 Å². The second-order valence-electron chi connectivity index (χ2n) is 7.68. The van der Waals surface area contributed by atoms with Crippen LogP contribution in [-0.2, 0) is 24.5 Å². The van der Waals surface area contributed by atoms with E-state index in [1.54, 1.807) is 16.7 Å². The summed E-state index contributed by atoms with van der Waals surface area (Å²) in [7, 11) is 2.28. The molecule has 1 N–H and O–H groups in total. The van der Waals surface area contributed by atoms with Gasteiger partial charge in [0.05, 0.1) is 18.5 Å². The van der Waals surface area contributed by atoms with E-state index in [1.807, 2.05) is 23.1 Å². The van der Waals surface area contributed by atoms with E-state index in [4.69, 9.17) is 9.97 Å². The van der Waals surface area contributed by atoms with E-state index < -0.39 is 0 Å². The Bertz CT molecular complexity index is 1140. The van der Waals surface area contributed by atoms with Gasteiger partial charge in [-0.1, -0.05) is 72.4 Å². The van der Waals surface area contributed by atoms with Crippen molar-refractivity contribution >= 4 is 45.1 Å². The van der Waals surface area contributed by atoms with Crippen LogP contribution >= 0.6 is 34.9 Å². The minimum absolute atomic E-state index is 0.890. The van der Waals surface area contributed by atoms with Crippen LogP contribution in [0.25, 0.3) is 10.2 Å². The zero-order valence-electron chi connectivity index (χ0n) is 16.9. The third-order valence-electron chi connectivity index (χ3n) is 5.37. The second kappa shape index (κ2) is 9.10. The molecule has 3 nitrogen and oxygen atoms in total. The van der Waals surface area contributed by atoms with E-state index in [0.29, 0.717) is 0 Å². The maximum absolute atomic E-state index is 5.05. The lowest BCUT2D eigenvalue weighted by Crippen LogP contribution is -3.08. The van der Waals surface area contributed by atoms with Gasteiger partial charge in [0.25, 0.3) is 0 Å². The molecule has 30 heavy (non-hydrogen) atoms. The van der Waals surface area contributed by atoms with E-state index in [1.165, 1.54) is 33.5 Å². The SMILES string of the molecule is C[NH+]1CCc2c(sc3nc(SCc4ccccc4)nc(SCc4ccccc4)c23)C1. The van der Waals surface area contributed by atoms with Crippen LogP contribution in [0.2, 0.25) is 0 Å². The van der Waals surface area contributed by atoms with E-state index in [9.17, 15) is 0 Å². The number of fused-ring (bicyclic) bond motifs is 3. The van der Waals surface area contributed by atoms with Crippen molar-refractivity contribution in [3.05, 3.63) is 82.2 Å². The topological polar surface area (TPSA) is 30.2 Å². The number of thiophene rings is 1. The summed E-state index contributed by atoms with van der Waals surface area (Å²) in [5.41, 5.74) is 4.14. The summed E-state index contributed by atoms with van der Waals surface area (Å²) in [5, 5.41) is 3.35. The molecule has 1 aliphatic rings. The minimum Gasteiger partial charge on any atom is -0.333 e. The first-order chi connectivity index (χ1) is 14.8. The van der Waals surface area contributed by atoms with Crippen LogP contribution in [0.3, 0.4) is 0 Å². The summed E-state index contributed by atoms with van der Waals surface area (Å²) in [6, 6.07) is 21.2. The van der Waals surface area contributed by atoms with Crippen molar-refractivity contribution in [2.24, 2.45) is 0 Å². The fourth-order valence-corrected chi connectivity index (χ4v) is 7.10. The van der Waals surface area contributed by atoms with Crippen molar-refractivity contribution in [2.45, 2.75) is 34.7 Å². The molecule has 0 aliphatic carbocycles. The van der Waals surface area contributed by atoms with Crippen molar-refractivity contribution in [3.63, 3.8) is 0 Å². The first-order valence-corrected chi connectivity index (χ1v) is 13.0. The number of nitrogens with one attached hydrogen (secondary N) is 1. The molecule has 5 rings (SSSR count). The molecule has 0 saturated heterocycles. The monoisotopic (exact) mass is 450 g/mol. The number of thioether (sulfide) groups is 2. The summed E-state index contributed by atoms with van der Waals surface area (Å²) in [6.45, 7) is 2.29. The Labute approximate surface area is 189 Å². The van der Waals surface area contributed by atoms with Gasteiger partial charge in [0.2, 0.25) is 0 Å². The van der Waals surface area contributed by atoms with E-state index in [-0.39, 0.29) is 0 Å². The Morgan fingerprint density at radius 3 is 2.27 bits per heavy atom. The van der Waals surface area contributed by atoms with Gasteiger partial charge in [-0.3, -0.25) is 0 Å². The highest BCUT2D eigenvalue weighted by molar-refractivity contribution is 7.99. The number of aromatic nitrogens is 2. The third kappa shape index (κ3) is 4.42. The number of nitrogens with zero attached hydrogens (tertiary/aromatic N) is 2. The van der Waals surface area contributed by atoms with Crippen LogP contribution in [0.15, 0.2) is 70.8 Å². The molecule has 2 aromatic heterocycles. The molecule has 1 aliphatic heterocycles. The average molecular weight is 451 g/mol. The average Bonchev–Trinajstić information content (AvgIpc) is 3.15. The maximum atomic E-state index is 5.05. The van der Waals surface area contributed by atoms with Crippen molar-refractivity contribution in [2.75, 3.05) is 13.6 Å². The van der Waals surface area contributed by atoms with Crippen molar-refractivity contribution < 1.29 is 4.90 Å². The Hall–Kier alpha value is -1.86. The maximum Gasteiger partial charge on any atom is 0.190 e. The van der Waals surface area contributed by atoms with Gasteiger partial charge < -0.3 is 4.90 Å². The van der Waals surface area contributed by atoms with Crippen molar-refractivity contribution in [1.29, 1.82) is 0 Å². The van der Waals surface area contributed by atoms with Crippen LogP contribution in [0.4, 0.5) is 0 Å². The van der Waals surface area contributed by atoms with Crippen LogP contribution in [-0.4, -0.2) is 23.6 Å². The van der Waals surface area contributed by atoms with Gasteiger partial charge in [-0.25, -0.2) is 9.97 Å². The molecule has 1 unspecified atom stereocenters. The third-order valence-corrected chi connectivity index (χ3v) is 8.46. The molecule has 1 atom stereocenters. The van der Waals surface area contributed by atoms with E-state index >= 15 is 0 Å². The molecular formula is C24H24N3S3+. The number of likely N-dealkylation sites (N-methyl/N-ethyl adjacent to an activating group) is 1. The fraction of sp³-hybridized carbons (Fsp3) is 0.250. The highest BCUT2D eigenvalue weighted by Gasteiger charge is 2.25. The van der Waals surface area contributed by atoms with Crippen LogP contribution in [0.5, 0.6) is 0 Å². The van der Waals surface area contributed by atoms with Gasteiger partial charge in [0.15, 0.2) is 5.16 Å². The quantitative estimate of drug-likeness (QED) is 0.258. The van der Waals surface area contributed by atoms with Gasteiger partial charge in [-0.05, 0) is 16.7 Å². The highest BCUT2D eigenvalue weighted by Crippen LogP contribution is 2.39. The zero-order valence-corrected chi connectivity index (χ0v) is 19.4. The molecule has 152 valence electrons. The predicted octanol–water partition coefficient (Wildman–Crippen LogP) is 4.85. The standard InChI is InChI=1S/C24H23N3S3/c1-27-13-12-19-20(14-27)30-23-21(19)22(28-15-17-8-4-2-5-9-17)25-24(26-23)29-16-18-10-6-3-7-11-18/h2-11H,12-16H2,1H3/p+1. The lowest BCUT2D eigenvalue weighted by Gasteiger charge is -2.19. The minimum atomic E-state index is 0.890. The number of benzene rings is 2. The van der Waals surface area contributed by atoms with Crippen LogP contribution in [0, 0.1) is 0 Å². The van der Waals surface area contributed by atoms with Gasteiger partial charge in [0, 0.05) is 23.3 Å². The number of rotatable bonds is 6. The summed E-state index contributed by atoms with van der Waals surface area (Å²) in [4.78, 5) is 14.3. The predicted molar refractivity (Wildman–Crippen MR) is 129 cm³/mol. The fourth-order valence-electron chi connectivity index (χ4n) is 3.78. The summed E-state index contributed by atoms with van der Waals surface area (Å²) >= 11 is 5.47. The molecule has 0 saturated carbocycles. The van der Waals surface area contributed by atoms with Crippen LogP contribution in [0.1, 0.15) is 21.6 Å². The molecule has 6 heteroatoms. The summed E-state index contributed by atoms with van der Waals surface area (Å²) < 4.78 is 0.